The van der Waals surface area contributed by atoms with Gasteiger partial charge in [-0.2, -0.15) is 0 Å². The molecule has 38 heavy (non-hydrogen) atoms. The predicted molar refractivity (Wildman–Crippen MR) is 143 cm³/mol. The first kappa shape index (κ1) is 27.1. The van der Waals surface area contributed by atoms with Crippen LogP contribution in [0.3, 0.4) is 0 Å². The summed E-state index contributed by atoms with van der Waals surface area (Å²) >= 11 is 0.791. The monoisotopic (exact) mass is 539 g/mol. The second kappa shape index (κ2) is 12.5. The van der Waals surface area contributed by atoms with Crippen LogP contribution in [0.2, 0.25) is 0 Å². The van der Waals surface area contributed by atoms with E-state index in [0.717, 1.165) is 29.5 Å². The number of rotatable bonds is 10. The maximum absolute atomic E-state index is 12.8. The van der Waals surface area contributed by atoms with E-state index >= 15 is 0 Å². The number of methoxy groups -OCH3 is 1. The van der Waals surface area contributed by atoms with Gasteiger partial charge in [-0.25, -0.2) is 0 Å². The first-order valence-corrected chi connectivity index (χ1v) is 13.1. The van der Waals surface area contributed by atoms with E-state index in [4.69, 9.17) is 14.2 Å². The number of ether oxygens (including phenoxy) is 3. The minimum atomic E-state index is -0.504. The van der Waals surface area contributed by atoms with Crippen molar-refractivity contribution in [3.63, 3.8) is 0 Å². The zero-order chi connectivity index (χ0) is 27.1. The quantitative estimate of drug-likeness (QED) is 0.454. The third-order valence-electron chi connectivity index (χ3n) is 5.93. The Hall–Kier alpha value is -3.99. The van der Waals surface area contributed by atoms with Crippen molar-refractivity contribution in [3.05, 3.63) is 52.9 Å². The first-order valence-electron chi connectivity index (χ1n) is 12.2. The number of carbonyl (C=O) groups excluding carboxylic acids is 4. The molecule has 0 atom stereocenters. The van der Waals surface area contributed by atoms with Gasteiger partial charge in [0.15, 0.2) is 18.1 Å². The molecule has 0 saturated carbocycles. The van der Waals surface area contributed by atoms with Crippen molar-refractivity contribution >= 4 is 46.5 Å². The molecule has 11 heteroatoms. The summed E-state index contributed by atoms with van der Waals surface area (Å²) in [6, 6.07) is 12.1. The van der Waals surface area contributed by atoms with Crippen LogP contribution in [0, 0.1) is 0 Å². The largest absolute Gasteiger partial charge is 0.493 e. The minimum absolute atomic E-state index is 0.215. The van der Waals surface area contributed by atoms with Gasteiger partial charge >= 0.3 is 0 Å². The maximum atomic E-state index is 12.8. The number of para-hydroxylation sites is 2. The van der Waals surface area contributed by atoms with Gasteiger partial charge in [-0.3, -0.25) is 24.1 Å². The van der Waals surface area contributed by atoms with Gasteiger partial charge in [-0.15, -0.1) is 0 Å². The highest BCUT2D eigenvalue weighted by Gasteiger charge is 2.37. The number of nitrogens with zero attached hydrogens (tertiary/aromatic N) is 2. The second-order valence-corrected chi connectivity index (χ2v) is 9.53. The van der Waals surface area contributed by atoms with Crippen LogP contribution in [0.5, 0.6) is 17.2 Å². The van der Waals surface area contributed by atoms with Crippen LogP contribution in [0.4, 0.5) is 10.5 Å². The average Bonchev–Trinajstić information content (AvgIpc) is 3.54. The zero-order valence-electron chi connectivity index (χ0n) is 21.2. The number of hydrogen-bond acceptors (Lipinski definition) is 8. The average molecular weight is 540 g/mol. The molecule has 4 amide bonds. The van der Waals surface area contributed by atoms with Gasteiger partial charge in [0, 0.05) is 13.1 Å². The zero-order valence-corrected chi connectivity index (χ0v) is 22.0. The van der Waals surface area contributed by atoms with Crippen LogP contribution in [0.15, 0.2) is 47.4 Å². The van der Waals surface area contributed by atoms with Crippen LogP contribution >= 0.6 is 11.8 Å². The lowest BCUT2D eigenvalue weighted by Gasteiger charge is -2.18. The van der Waals surface area contributed by atoms with Gasteiger partial charge in [0.2, 0.25) is 5.91 Å². The molecule has 2 aromatic carbocycles. The van der Waals surface area contributed by atoms with Gasteiger partial charge in [0.05, 0.1) is 24.3 Å². The standard InChI is InChI=1S/C27H29N3O7S/c1-3-36-20-9-5-4-8-19(20)28-24(31)17-37-21-11-10-18(14-22(21)35-2)15-23-26(33)30(27(34)38-23)16-25(32)29-12-6-7-13-29/h4-5,8-11,14-15H,3,6-7,12-13,16-17H2,1-2H3,(H,28,31)/b23-15+. The van der Waals surface area contributed by atoms with Crippen LogP contribution in [-0.2, 0) is 14.4 Å². The number of likely N-dealkylation sites (tertiary alicyclic amines) is 1. The van der Waals surface area contributed by atoms with Crippen molar-refractivity contribution in [1.82, 2.24) is 9.80 Å². The molecule has 2 saturated heterocycles. The highest BCUT2D eigenvalue weighted by molar-refractivity contribution is 8.18. The van der Waals surface area contributed by atoms with Crippen LogP contribution < -0.4 is 19.5 Å². The summed E-state index contributed by atoms with van der Waals surface area (Å²) in [6.45, 7) is 3.12. The Kier molecular flexibility index (Phi) is 8.90. The van der Waals surface area contributed by atoms with E-state index in [2.05, 4.69) is 5.32 Å². The molecular weight excluding hydrogens is 510 g/mol. The predicted octanol–water partition coefficient (Wildman–Crippen LogP) is 3.77. The lowest BCUT2D eigenvalue weighted by atomic mass is 10.2. The van der Waals surface area contributed by atoms with E-state index in [1.165, 1.54) is 7.11 Å². The van der Waals surface area contributed by atoms with Crippen LogP contribution in [-0.4, -0.2) is 72.7 Å². The molecule has 0 radical (unpaired) electrons. The fourth-order valence-corrected chi connectivity index (χ4v) is 4.90. The van der Waals surface area contributed by atoms with Crippen LogP contribution in [0.1, 0.15) is 25.3 Å². The summed E-state index contributed by atoms with van der Waals surface area (Å²) in [5.41, 5.74) is 1.14. The molecule has 2 fully saturated rings. The van der Waals surface area contributed by atoms with E-state index in [9.17, 15) is 19.2 Å². The molecule has 1 N–H and O–H groups in total. The van der Waals surface area contributed by atoms with Gasteiger partial charge in [0.25, 0.3) is 17.1 Å². The molecular formula is C27H29N3O7S. The fraction of sp³-hybridized carbons (Fsp3) is 0.333. The number of benzene rings is 2. The van der Waals surface area contributed by atoms with Crippen molar-refractivity contribution < 1.29 is 33.4 Å². The molecule has 10 nitrogen and oxygen atoms in total. The highest BCUT2D eigenvalue weighted by Crippen LogP contribution is 2.34. The Balaban J connectivity index is 1.38. The van der Waals surface area contributed by atoms with Crippen molar-refractivity contribution in [2.75, 3.05) is 45.3 Å². The highest BCUT2D eigenvalue weighted by atomic mass is 32.2. The van der Waals surface area contributed by atoms with E-state index in [-0.39, 0.29) is 29.9 Å². The van der Waals surface area contributed by atoms with Gasteiger partial charge in [0.1, 0.15) is 12.3 Å². The summed E-state index contributed by atoms with van der Waals surface area (Å²) in [4.78, 5) is 53.0. The summed E-state index contributed by atoms with van der Waals surface area (Å²) in [7, 11) is 1.46. The number of nitrogens with one attached hydrogen (secondary N) is 1. The number of hydrogen-bond donors (Lipinski definition) is 1. The lowest BCUT2D eigenvalue weighted by molar-refractivity contribution is -0.135. The maximum Gasteiger partial charge on any atom is 0.294 e. The van der Waals surface area contributed by atoms with E-state index in [1.54, 1.807) is 47.4 Å². The molecule has 2 heterocycles. The number of amides is 4. The normalized spacial score (nSPS) is 16.2. The summed E-state index contributed by atoms with van der Waals surface area (Å²) in [5, 5.41) is 2.29. The molecule has 2 aliphatic heterocycles. The number of anilines is 1. The van der Waals surface area contributed by atoms with E-state index in [1.807, 2.05) is 13.0 Å². The third-order valence-corrected chi connectivity index (χ3v) is 6.84. The smallest absolute Gasteiger partial charge is 0.294 e. The minimum Gasteiger partial charge on any atom is -0.493 e. The van der Waals surface area contributed by atoms with Crippen molar-refractivity contribution in [3.8, 4) is 17.2 Å². The Morgan fingerprint density at radius 1 is 1.03 bits per heavy atom. The van der Waals surface area contributed by atoms with E-state index in [0.29, 0.717) is 48.2 Å². The van der Waals surface area contributed by atoms with Gasteiger partial charge < -0.3 is 24.4 Å². The van der Waals surface area contributed by atoms with Crippen LogP contribution in [0.25, 0.3) is 6.08 Å². The first-order chi connectivity index (χ1) is 18.4. The van der Waals surface area contributed by atoms with Crippen molar-refractivity contribution in [1.29, 1.82) is 0 Å². The number of thioether (sulfide) groups is 1. The second-order valence-electron chi connectivity index (χ2n) is 8.53. The molecule has 0 bridgehead atoms. The molecule has 4 rings (SSSR count). The Labute approximate surface area is 224 Å². The number of imide groups is 1. The summed E-state index contributed by atoms with van der Waals surface area (Å²) in [6.07, 6.45) is 3.43. The van der Waals surface area contributed by atoms with Gasteiger partial charge in [-0.05, 0) is 67.4 Å². The van der Waals surface area contributed by atoms with Crippen molar-refractivity contribution in [2.24, 2.45) is 0 Å². The van der Waals surface area contributed by atoms with Crippen molar-refractivity contribution in [2.45, 2.75) is 19.8 Å². The molecule has 0 aliphatic carbocycles. The summed E-state index contributed by atoms with van der Waals surface area (Å²) in [5.74, 6) is 0.151. The Morgan fingerprint density at radius 2 is 1.79 bits per heavy atom. The topological polar surface area (TPSA) is 114 Å². The molecule has 2 aliphatic rings. The molecule has 0 unspecified atom stereocenters. The molecule has 200 valence electrons. The Bertz CT molecular complexity index is 1260. The molecule has 0 aromatic heterocycles. The number of carbonyl (C=O) groups is 4. The fourth-order valence-electron chi connectivity index (χ4n) is 4.06. The summed E-state index contributed by atoms with van der Waals surface area (Å²) < 4.78 is 16.6. The van der Waals surface area contributed by atoms with E-state index < -0.39 is 11.1 Å². The molecule has 2 aromatic rings. The SMILES string of the molecule is CCOc1ccccc1NC(=O)COc1ccc(/C=C2/SC(=O)N(CC(=O)N3CCCC3)C2=O)cc1OC. The van der Waals surface area contributed by atoms with Gasteiger partial charge in [-0.1, -0.05) is 18.2 Å². The third kappa shape index (κ3) is 6.46. The molecule has 0 spiro atoms. The Morgan fingerprint density at radius 3 is 2.53 bits per heavy atom. The lowest BCUT2D eigenvalue weighted by Crippen LogP contribution is -2.40.